The van der Waals surface area contributed by atoms with Gasteiger partial charge < -0.3 is 18.9 Å². The van der Waals surface area contributed by atoms with E-state index < -0.39 is 0 Å². The second-order valence-corrected chi connectivity index (χ2v) is 12.1. The average Bonchev–Trinajstić information content (AvgIpc) is 3.56. The number of rotatable bonds is 1. The first kappa shape index (κ1) is 21.1. The molecular weight excluding hydrogens is 412 g/mol. The van der Waals surface area contributed by atoms with Gasteiger partial charge >= 0.3 is 0 Å². The largest absolute Gasteiger partial charge is 0.347 e. The van der Waals surface area contributed by atoms with E-state index in [0.717, 1.165) is 58.5 Å². The van der Waals surface area contributed by atoms with Crippen LogP contribution in [-0.4, -0.2) is 38.0 Å². The van der Waals surface area contributed by atoms with E-state index in [1.54, 1.807) is 5.57 Å². The van der Waals surface area contributed by atoms with Gasteiger partial charge in [0, 0.05) is 24.7 Å². The molecule has 1 aromatic carbocycles. The number of allylic oxidation sites excluding steroid dienone is 1. The highest BCUT2D eigenvalue weighted by atomic mass is 16.7. The van der Waals surface area contributed by atoms with Gasteiger partial charge in [-0.05, 0) is 60.3 Å². The van der Waals surface area contributed by atoms with Crippen molar-refractivity contribution in [2.24, 2.45) is 28.6 Å². The lowest BCUT2D eigenvalue weighted by atomic mass is 9.44. The second kappa shape index (κ2) is 7.16. The van der Waals surface area contributed by atoms with Crippen LogP contribution < -0.4 is 0 Å². The van der Waals surface area contributed by atoms with Crippen LogP contribution in [-0.2, 0) is 18.9 Å². The fraction of sp³-hybridized carbons (Fsp3) is 0.724. The molecule has 3 saturated carbocycles. The second-order valence-electron chi connectivity index (χ2n) is 12.1. The molecule has 6 aliphatic rings. The number of hydrogen-bond acceptors (Lipinski definition) is 4. The van der Waals surface area contributed by atoms with Gasteiger partial charge in [-0.3, -0.25) is 0 Å². The molecule has 4 aliphatic carbocycles. The summed E-state index contributed by atoms with van der Waals surface area (Å²) in [5, 5.41) is 0. The van der Waals surface area contributed by atoms with Crippen LogP contribution in [0.15, 0.2) is 42.0 Å². The highest BCUT2D eigenvalue weighted by Crippen LogP contribution is 2.72. The molecule has 33 heavy (non-hydrogen) atoms. The van der Waals surface area contributed by atoms with Crippen molar-refractivity contribution in [3.05, 3.63) is 47.5 Å². The van der Waals surface area contributed by atoms with Gasteiger partial charge in [-0.1, -0.05) is 55.8 Å². The van der Waals surface area contributed by atoms with E-state index in [1.807, 2.05) is 0 Å². The summed E-state index contributed by atoms with van der Waals surface area (Å²) >= 11 is 0. The summed E-state index contributed by atoms with van der Waals surface area (Å²) in [6.45, 7) is 8.05. The predicted octanol–water partition coefficient (Wildman–Crippen LogP) is 5.83. The molecule has 6 atom stereocenters. The number of fused-ring (bicyclic) bond motifs is 6. The number of benzene rings is 1. The molecule has 178 valence electrons. The Morgan fingerprint density at radius 3 is 2.33 bits per heavy atom. The summed E-state index contributed by atoms with van der Waals surface area (Å²) in [5.41, 5.74) is 3.38. The Bertz CT molecular complexity index is 944. The van der Waals surface area contributed by atoms with E-state index in [9.17, 15) is 0 Å². The summed E-state index contributed by atoms with van der Waals surface area (Å²) in [6, 6.07) is 11.4. The molecule has 5 fully saturated rings. The summed E-state index contributed by atoms with van der Waals surface area (Å²) in [6.07, 6.45) is 10.3. The third-order valence-electron chi connectivity index (χ3n) is 10.9. The predicted molar refractivity (Wildman–Crippen MR) is 126 cm³/mol. The van der Waals surface area contributed by atoms with Crippen LogP contribution in [0.2, 0.25) is 0 Å². The quantitative estimate of drug-likeness (QED) is 0.505. The highest BCUT2D eigenvalue weighted by Gasteiger charge is 2.69. The lowest BCUT2D eigenvalue weighted by Crippen LogP contribution is -2.58. The molecule has 4 heteroatoms. The Kier molecular flexibility index (Phi) is 4.58. The Morgan fingerprint density at radius 2 is 1.58 bits per heavy atom. The molecule has 0 amide bonds. The fourth-order valence-corrected chi connectivity index (χ4v) is 9.44. The molecular formula is C29H38O4. The minimum Gasteiger partial charge on any atom is -0.347 e. The van der Waals surface area contributed by atoms with E-state index in [1.165, 1.54) is 18.4 Å². The first-order valence-corrected chi connectivity index (χ1v) is 13.3. The van der Waals surface area contributed by atoms with Crippen molar-refractivity contribution in [1.82, 2.24) is 0 Å². The summed E-state index contributed by atoms with van der Waals surface area (Å²) in [7, 11) is 0. The molecule has 2 saturated heterocycles. The number of hydrogen-bond donors (Lipinski definition) is 0. The fourth-order valence-electron chi connectivity index (χ4n) is 9.44. The summed E-state index contributed by atoms with van der Waals surface area (Å²) in [5.74, 6) is 1.77. The van der Waals surface area contributed by atoms with E-state index in [-0.39, 0.29) is 22.4 Å². The molecule has 7 rings (SSSR count). The zero-order valence-electron chi connectivity index (χ0n) is 20.2. The van der Waals surface area contributed by atoms with E-state index in [0.29, 0.717) is 23.7 Å². The van der Waals surface area contributed by atoms with Crippen molar-refractivity contribution < 1.29 is 18.9 Å². The molecule has 1 aromatic rings. The van der Waals surface area contributed by atoms with Gasteiger partial charge in [0.2, 0.25) is 0 Å². The highest BCUT2D eigenvalue weighted by molar-refractivity contribution is 5.33. The topological polar surface area (TPSA) is 36.9 Å². The van der Waals surface area contributed by atoms with E-state index >= 15 is 0 Å². The maximum Gasteiger partial charge on any atom is 0.174 e. The molecule has 0 unspecified atom stereocenters. The first-order chi connectivity index (χ1) is 16.0. The minimum atomic E-state index is -0.372. The van der Waals surface area contributed by atoms with Crippen LogP contribution in [0.25, 0.3) is 0 Å². The Hall–Kier alpha value is -1.20. The van der Waals surface area contributed by atoms with Gasteiger partial charge in [-0.2, -0.15) is 0 Å². The van der Waals surface area contributed by atoms with Crippen molar-refractivity contribution in [3.63, 3.8) is 0 Å². The van der Waals surface area contributed by atoms with Gasteiger partial charge in [0.25, 0.3) is 0 Å². The number of ether oxygens (including phenoxy) is 4. The Labute approximate surface area is 198 Å². The standard InChI is InChI=1S/C29H38O4/c1-26-12-13-28(30-14-15-31-28)18-21(26)8-9-22-24-10-11-29(32-16-17-33-29)27(24,2)19-23(25(22)26)20-6-4-3-5-7-20/h3-8,22-25H,9-19H2,1-2H3/t22-,23-,24-,25+,26-,27-/m0/s1. The summed E-state index contributed by atoms with van der Waals surface area (Å²) in [4.78, 5) is 0. The monoisotopic (exact) mass is 450 g/mol. The summed E-state index contributed by atoms with van der Waals surface area (Å²) < 4.78 is 25.3. The van der Waals surface area contributed by atoms with Crippen molar-refractivity contribution in [1.29, 1.82) is 0 Å². The smallest absolute Gasteiger partial charge is 0.174 e. The maximum atomic E-state index is 6.46. The average molecular weight is 451 g/mol. The van der Waals surface area contributed by atoms with E-state index in [4.69, 9.17) is 18.9 Å². The Balaban J connectivity index is 1.33. The van der Waals surface area contributed by atoms with Crippen LogP contribution in [0.1, 0.15) is 70.3 Å². The van der Waals surface area contributed by atoms with Gasteiger partial charge in [-0.25, -0.2) is 0 Å². The first-order valence-electron chi connectivity index (χ1n) is 13.3. The molecule has 0 N–H and O–H groups in total. The zero-order valence-corrected chi connectivity index (χ0v) is 20.2. The molecule has 0 radical (unpaired) electrons. The van der Waals surface area contributed by atoms with Crippen LogP contribution in [0.5, 0.6) is 0 Å². The molecule has 0 bridgehead atoms. The minimum absolute atomic E-state index is 0.0699. The van der Waals surface area contributed by atoms with Crippen LogP contribution >= 0.6 is 0 Å². The van der Waals surface area contributed by atoms with Gasteiger partial charge in [0.15, 0.2) is 11.6 Å². The third kappa shape index (κ3) is 2.78. The van der Waals surface area contributed by atoms with Crippen molar-refractivity contribution in [2.45, 2.75) is 76.3 Å². The maximum absolute atomic E-state index is 6.46. The molecule has 0 aromatic heterocycles. The van der Waals surface area contributed by atoms with Crippen molar-refractivity contribution in [2.75, 3.05) is 26.4 Å². The third-order valence-corrected chi connectivity index (χ3v) is 10.9. The molecule has 2 aliphatic heterocycles. The van der Waals surface area contributed by atoms with Crippen molar-refractivity contribution >= 4 is 0 Å². The van der Waals surface area contributed by atoms with Gasteiger partial charge in [-0.15, -0.1) is 0 Å². The SMILES string of the molecule is C[C@]12CCC3(CC1=CC[C@@H]1[C@@H]2[C@H](c2ccccc2)C[C@@]2(C)[C@H]1CCC21OCCO1)OCCO3. The molecule has 4 nitrogen and oxygen atoms in total. The van der Waals surface area contributed by atoms with Crippen LogP contribution in [0, 0.1) is 28.6 Å². The van der Waals surface area contributed by atoms with E-state index in [2.05, 4.69) is 50.3 Å². The lowest BCUT2D eigenvalue weighted by molar-refractivity contribution is -0.247. The van der Waals surface area contributed by atoms with Crippen LogP contribution in [0.4, 0.5) is 0 Å². The van der Waals surface area contributed by atoms with Gasteiger partial charge in [0.1, 0.15) is 0 Å². The zero-order chi connectivity index (χ0) is 22.3. The van der Waals surface area contributed by atoms with Gasteiger partial charge in [0.05, 0.1) is 26.4 Å². The molecule has 2 heterocycles. The lowest BCUT2D eigenvalue weighted by Gasteiger charge is -2.62. The molecule has 2 spiro atoms. The Morgan fingerprint density at radius 1 is 0.848 bits per heavy atom. The van der Waals surface area contributed by atoms with Crippen molar-refractivity contribution in [3.8, 4) is 0 Å². The van der Waals surface area contributed by atoms with Crippen LogP contribution in [0.3, 0.4) is 0 Å². The normalized spacial score (nSPS) is 45.0.